The maximum Gasteiger partial charge on any atom is 0.311 e. The molecule has 0 bridgehead atoms. The van der Waals surface area contributed by atoms with Crippen LogP contribution in [0.5, 0.6) is 0 Å². The van der Waals surface area contributed by atoms with Crippen molar-refractivity contribution in [3.63, 3.8) is 0 Å². The maximum absolute atomic E-state index is 12.8. The van der Waals surface area contributed by atoms with E-state index in [4.69, 9.17) is 9.47 Å². The third-order valence-corrected chi connectivity index (χ3v) is 6.34. The molecular formula is C26H42O5. The fourth-order valence-electron chi connectivity index (χ4n) is 4.05. The second-order valence-corrected chi connectivity index (χ2v) is 10.3. The lowest BCUT2D eigenvalue weighted by molar-refractivity contribution is -0.162. The van der Waals surface area contributed by atoms with E-state index in [-0.39, 0.29) is 30.3 Å². The van der Waals surface area contributed by atoms with Gasteiger partial charge in [-0.15, -0.1) is 0 Å². The zero-order chi connectivity index (χ0) is 23.9. The number of carboxylic acid groups (broad SMARTS) is 1. The highest BCUT2D eigenvalue weighted by molar-refractivity contribution is 5.79. The molecule has 0 heterocycles. The third kappa shape index (κ3) is 7.64. The van der Waals surface area contributed by atoms with Crippen molar-refractivity contribution < 1.29 is 24.2 Å². The lowest BCUT2D eigenvalue weighted by Gasteiger charge is -2.36. The molecule has 1 aromatic rings. The highest BCUT2D eigenvalue weighted by Gasteiger charge is 2.45. The molecule has 5 nitrogen and oxygen atoms in total. The van der Waals surface area contributed by atoms with Crippen molar-refractivity contribution in [1.29, 1.82) is 0 Å². The van der Waals surface area contributed by atoms with E-state index in [2.05, 4.69) is 52.0 Å². The first-order chi connectivity index (χ1) is 14.3. The molecule has 3 atom stereocenters. The lowest BCUT2D eigenvalue weighted by Crippen LogP contribution is -2.40. The first-order valence-electron chi connectivity index (χ1n) is 11.4. The minimum atomic E-state index is -1.05. The van der Waals surface area contributed by atoms with Gasteiger partial charge in [0.1, 0.15) is 6.61 Å². The Labute approximate surface area is 188 Å². The highest BCUT2D eigenvalue weighted by atomic mass is 16.6. The number of ether oxygens (including phenoxy) is 2. The fourth-order valence-corrected chi connectivity index (χ4v) is 4.05. The van der Waals surface area contributed by atoms with Crippen LogP contribution in [-0.4, -0.2) is 36.9 Å². The van der Waals surface area contributed by atoms with E-state index in [0.29, 0.717) is 26.1 Å². The van der Waals surface area contributed by atoms with E-state index in [1.54, 1.807) is 13.8 Å². The summed E-state index contributed by atoms with van der Waals surface area (Å²) in [5, 5.41) is 10.1. The minimum Gasteiger partial charge on any atom is -0.481 e. The number of carbonyl (C=O) groups is 2. The summed E-state index contributed by atoms with van der Waals surface area (Å²) in [5.74, 6) is -1.19. The molecule has 3 unspecified atom stereocenters. The SMILES string of the molecule is CCOCCOC(=O)C(C)(CC)CC(C)(CC(C)c1ccc(C(C)(C)C)cc1)C(=O)O. The van der Waals surface area contributed by atoms with E-state index in [0.717, 1.165) is 5.56 Å². The Balaban J connectivity index is 2.98. The number of benzene rings is 1. The van der Waals surface area contributed by atoms with E-state index < -0.39 is 16.8 Å². The molecular weight excluding hydrogens is 392 g/mol. The highest BCUT2D eigenvalue weighted by Crippen LogP contribution is 2.43. The van der Waals surface area contributed by atoms with Crippen molar-refractivity contribution >= 4 is 11.9 Å². The van der Waals surface area contributed by atoms with Crippen molar-refractivity contribution in [1.82, 2.24) is 0 Å². The molecule has 176 valence electrons. The summed E-state index contributed by atoms with van der Waals surface area (Å²) in [6.07, 6.45) is 1.18. The Kier molecular flexibility index (Phi) is 9.74. The predicted molar refractivity (Wildman–Crippen MR) is 124 cm³/mol. The van der Waals surface area contributed by atoms with Gasteiger partial charge in [0.15, 0.2) is 0 Å². The van der Waals surface area contributed by atoms with Crippen LogP contribution in [0.3, 0.4) is 0 Å². The summed E-state index contributed by atoms with van der Waals surface area (Å²) in [5.41, 5.74) is 0.514. The summed E-state index contributed by atoms with van der Waals surface area (Å²) >= 11 is 0. The van der Waals surface area contributed by atoms with Crippen LogP contribution >= 0.6 is 0 Å². The predicted octanol–water partition coefficient (Wildman–Crippen LogP) is 5.95. The van der Waals surface area contributed by atoms with Gasteiger partial charge in [0.25, 0.3) is 0 Å². The molecule has 1 aromatic carbocycles. The zero-order valence-corrected chi connectivity index (χ0v) is 20.7. The van der Waals surface area contributed by atoms with Gasteiger partial charge in [-0.2, -0.15) is 0 Å². The Morgan fingerprint density at radius 3 is 2.00 bits per heavy atom. The second-order valence-electron chi connectivity index (χ2n) is 10.3. The monoisotopic (exact) mass is 434 g/mol. The van der Waals surface area contributed by atoms with E-state index >= 15 is 0 Å². The van der Waals surface area contributed by atoms with Gasteiger partial charge in [0.2, 0.25) is 0 Å². The number of carboxylic acids is 1. The summed E-state index contributed by atoms with van der Waals surface area (Å²) in [6.45, 7) is 17.0. The van der Waals surface area contributed by atoms with Gasteiger partial charge in [-0.25, -0.2) is 0 Å². The molecule has 0 aliphatic heterocycles. The Hall–Kier alpha value is -1.88. The minimum absolute atomic E-state index is 0.0465. The molecule has 0 amide bonds. The molecule has 0 saturated heterocycles. The van der Waals surface area contributed by atoms with E-state index in [1.165, 1.54) is 5.56 Å². The maximum atomic E-state index is 12.8. The van der Waals surface area contributed by atoms with E-state index in [1.807, 2.05) is 13.8 Å². The molecule has 0 fully saturated rings. The normalized spacial score (nSPS) is 16.8. The Morgan fingerprint density at radius 1 is 0.968 bits per heavy atom. The summed E-state index contributed by atoms with van der Waals surface area (Å²) in [7, 11) is 0. The quantitative estimate of drug-likeness (QED) is 0.325. The number of aliphatic carboxylic acids is 1. The molecule has 0 radical (unpaired) electrons. The number of esters is 1. The molecule has 0 aliphatic rings. The van der Waals surface area contributed by atoms with Gasteiger partial charge >= 0.3 is 11.9 Å². The Morgan fingerprint density at radius 2 is 1.55 bits per heavy atom. The van der Waals surface area contributed by atoms with Crippen LogP contribution < -0.4 is 0 Å². The Bertz CT molecular complexity index is 718. The summed E-state index contributed by atoms with van der Waals surface area (Å²) < 4.78 is 10.6. The summed E-state index contributed by atoms with van der Waals surface area (Å²) in [6, 6.07) is 8.43. The summed E-state index contributed by atoms with van der Waals surface area (Å²) in [4.78, 5) is 25.1. The van der Waals surface area contributed by atoms with Crippen LogP contribution in [0.25, 0.3) is 0 Å². The molecule has 0 spiro atoms. The molecule has 0 aliphatic carbocycles. The van der Waals surface area contributed by atoms with Crippen molar-refractivity contribution in [2.45, 2.75) is 86.0 Å². The first-order valence-corrected chi connectivity index (χ1v) is 11.4. The zero-order valence-electron chi connectivity index (χ0n) is 20.7. The van der Waals surface area contributed by atoms with Crippen molar-refractivity contribution in [3.8, 4) is 0 Å². The molecule has 0 saturated carbocycles. The molecule has 1 N–H and O–H groups in total. The van der Waals surface area contributed by atoms with Gasteiger partial charge in [0.05, 0.1) is 17.4 Å². The lowest BCUT2D eigenvalue weighted by atomic mass is 9.67. The van der Waals surface area contributed by atoms with Gasteiger partial charge < -0.3 is 14.6 Å². The number of carbonyl (C=O) groups excluding carboxylic acids is 1. The van der Waals surface area contributed by atoms with Crippen molar-refractivity contribution in [2.75, 3.05) is 19.8 Å². The van der Waals surface area contributed by atoms with Crippen LogP contribution in [0.1, 0.15) is 91.7 Å². The van der Waals surface area contributed by atoms with Crippen LogP contribution in [0.15, 0.2) is 24.3 Å². The topological polar surface area (TPSA) is 72.8 Å². The number of hydrogen-bond donors (Lipinski definition) is 1. The standard InChI is InChI=1S/C26H42O5/c1-9-25(7,23(29)31-16-15-30-10-2)18-26(8,22(27)28)17-19(3)20-11-13-21(14-12-20)24(4,5)6/h11-14,19H,9-10,15-18H2,1-8H3,(H,27,28). The van der Waals surface area contributed by atoms with Crippen LogP contribution in [0.4, 0.5) is 0 Å². The van der Waals surface area contributed by atoms with Crippen molar-refractivity contribution in [2.24, 2.45) is 10.8 Å². The average molecular weight is 435 g/mol. The van der Waals surface area contributed by atoms with Gasteiger partial charge in [-0.1, -0.05) is 58.9 Å². The molecule has 31 heavy (non-hydrogen) atoms. The number of hydrogen-bond acceptors (Lipinski definition) is 4. The second kappa shape index (κ2) is 11.1. The van der Waals surface area contributed by atoms with Gasteiger partial charge in [0, 0.05) is 6.61 Å². The first kappa shape index (κ1) is 27.2. The van der Waals surface area contributed by atoms with Crippen LogP contribution in [-0.2, 0) is 24.5 Å². The van der Waals surface area contributed by atoms with Crippen LogP contribution in [0, 0.1) is 10.8 Å². The molecule has 1 rings (SSSR count). The van der Waals surface area contributed by atoms with Crippen LogP contribution in [0.2, 0.25) is 0 Å². The number of rotatable bonds is 12. The largest absolute Gasteiger partial charge is 0.481 e. The molecule has 5 heteroatoms. The van der Waals surface area contributed by atoms with Gasteiger partial charge in [-0.3, -0.25) is 9.59 Å². The van der Waals surface area contributed by atoms with Gasteiger partial charge in [-0.05, 0) is 62.5 Å². The van der Waals surface area contributed by atoms with E-state index in [9.17, 15) is 14.7 Å². The fraction of sp³-hybridized carbons (Fsp3) is 0.692. The smallest absolute Gasteiger partial charge is 0.311 e. The van der Waals surface area contributed by atoms with Crippen molar-refractivity contribution in [3.05, 3.63) is 35.4 Å². The average Bonchev–Trinajstić information content (AvgIpc) is 2.70. The molecule has 0 aromatic heterocycles. The third-order valence-electron chi connectivity index (χ3n) is 6.34.